The van der Waals surface area contributed by atoms with Gasteiger partial charge in [-0.25, -0.2) is 4.79 Å². The summed E-state index contributed by atoms with van der Waals surface area (Å²) < 4.78 is 15.6. The highest BCUT2D eigenvalue weighted by atomic mass is 16.5. The lowest BCUT2D eigenvalue weighted by Crippen LogP contribution is -2.29. The van der Waals surface area contributed by atoms with Gasteiger partial charge in [0.25, 0.3) is 5.91 Å². The molecule has 2 rings (SSSR count). The van der Waals surface area contributed by atoms with Gasteiger partial charge in [0.1, 0.15) is 11.5 Å². The van der Waals surface area contributed by atoms with Gasteiger partial charge in [-0.05, 0) is 50.6 Å². The number of methoxy groups -OCH3 is 2. The first-order valence-electron chi connectivity index (χ1n) is 8.83. The van der Waals surface area contributed by atoms with E-state index in [1.54, 1.807) is 31.4 Å². The van der Waals surface area contributed by atoms with Gasteiger partial charge in [-0.2, -0.15) is 0 Å². The van der Waals surface area contributed by atoms with Crippen molar-refractivity contribution in [1.29, 1.82) is 0 Å². The van der Waals surface area contributed by atoms with Gasteiger partial charge >= 0.3 is 5.97 Å². The molecule has 0 spiro atoms. The quantitative estimate of drug-likeness (QED) is 0.580. The van der Waals surface area contributed by atoms with E-state index in [1.165, 1.54) is 20.1 Å². The summed E-state index contributed by atoms with van der Waals surface area (Å²) in [6.45, 7) is 5.41. The third-order valence-corrected chi connectivity index (χ3v) is 4.14. The molecular formula is C22H25NO5. The number of anilines is 1. The molecule has 0 saturated heterocycles. The van der Waals surface area contributed by atoms with E-state index in [1.807, 2.05) is 32.0 Å². The van der Waals surface area contributed by atoms with Crippen molar-refractivity contribution in [2.24, 2.45) is 0 Å². The molecule has 0 radical (unpaired) electrons. The standard InChI is InChI=1S/C22H25NO5/c1-14-6-10-19(15(2)12-14)23-22(25)16(3)28-21(24)11-8-17-7-9-18(26-4)13-20(17)27-5/h6-13,16H,1-5H3,(H,23,25). The summed E-state index contributed by atoms with van der Waals surface area (Å²) in [5.41, 5.74) is 3.43. The molecule has 1 amide bonds. The van der Waals surface area contributed by atoms with Gasteiger partial charge in [-0.3, -0.25) is 4.79 Å². The van der Waals surface area contributed by atoms with Crippen molar-refractivity contribution >= 4 is 23.6 Å². The molecule has 6 nitrogen and oxygen atoms in total. The maximum atomic E-state index is 12.3. The summed E-state index contributed by atoms with van der Waals surface area (Å²) in [5.74, 6) is 0.189. The Balaban J connectivity index is 1.98. The van der Waals surface area contributed by atoms with Crippen LogP contribution in [-0.4, -0.2) is 32.2 Å². The van der Waals surface area contributed by atoms with Crippen LogP contribution in [0.4, 0.5) is 5.69 Å². The van der Waals surface area contributed by atoms with Crippen LogP contribution in [0.1, 0.15) is 23.6 Å². The summed E-state index contributed by atoms with van der Waals surface area (Å²) in [6, 6.07) is 10.9. The second-order valence-electron chi connectivity index (χ2n) is 6.33. The number of hydrogen-bond donors (Lipinski definition) is 1. The minimum atomic E-state index is -0.935. The molecule has 28 heavy (non-hydrogen) atoms. The number of benzene rings is 2. The number of nitrogens with one attached hydrogen (secondary N) is 1. The van der Waals surface area contributed by atoms with Crippen molar-refractivity contribution in [1.82, 2.24) is 0 Å². The molecule has 1 atom stereocenters. The number of carbonyl (C=O) groups excluding carboxylic acids is 2. The van der Waals surface area contributed by atoms with Crippen molar-refractivity contribution in [3.8, 4) is 11.5 Å². The molecule has 0 aromatic heterocycles. The zero-order valence-electron chi connectivity index (χ0n) is 16.7. The van der Waals surface area contributed by atoms with Crippen LogP contribution in [0.5, 0.6) is 11.5 Å². The Morgan fingerprint density at radius 3 is 2.43 bits per heavy atom. The van der Waals surface area contributed by atoms with Crippen molar-refractivity contribution in [2.75, 3.05) is 19.5 Å². The monoisotopic (exact) mass is 383 g/mol. The molecule has 148 valence electrons. The van der Waals surface area contributed by atoms with Crippen LogP contribution < -0.4 is 14.8 Å². The predicted octanol–water partition coefficient (Wildman–Crippen LogP) is 3.90. The van der Waals surface area contributed by atoms with Gasteiger partial charge in [-0.15, -0.1) is 0 Å². The Bertz CT molecular complexity index is 888. The highest BCUT2D eigenvalue weighted by molar-refractivity contribution is 5.97. The van der Waals surface area contributed by atoms with Crippen LogP contribution >= 0.6 is 0 Å². The van der Waals surface area contributed by atoms with Crippen LogP contribution in [0.2, 0.25) is 0 Å². The fourth-order valence-electron chi connectivity index (χ4n) is 2.57. The fourth-order valence-corrected chi connectivity index (χ4v) is 2.57. The molecule has 0 aliphatic rings. The molecule has 0 heterocycles. The third kappa shape index (κ3) is 5.61. The first-order chi connectivity index (χ1) is 13.3. The number of amides is 1. The molecule has 0 saturated carbocycles. The van der Waals surface area contributed by atoms with Crippen LogP contribution in [0.25, 0.3) is 6.08 Å². The van der Waals surface area contributed by atoms with Crippen LogP contribution in [0.3, 0.4) is 0 Å². The predicted molar refractivity (Wildman–Crippen MR) is 109 cm³/mol. The fraction of sp³-hybridized carbons (Fsp3) is 0.273. The van der Waals surface area contributed by atoms with Crippen LogP contribution in [0, 0.1) is 13.8 Å². The molecule has 0 bridgehead atoms. The van der Waals surface area contributed by atoms with E-state index < -0.39 is 18.0 Å². The summed E-state index contributed by atoms with van der Waals surface area (Å²) >= 11 is 0. The first-order valence-corrected chi connectivity index (χ1v) is 8.83. The number of aryl methyl sites for hydroxylation is 2. The Hall–Kier alpha value is -3.28. The largest absolute Gasteiger partial charge is 0.497 e. The molecule has 0 fully saturated rings. The highest BCUT2D eigenvalue weighted by Crippen LogP contribution is 2.25. The molecule has 1 N–H and O–H groups in total. The molecule has 1 unspecified atom stereocenters. The van der Waals surface area contributed by atoms with Crippen molar-refractivity contribution in [3.05, 3.63) is 59.2 Å². The van der Waals surface area contributed by atoms with Crippen molar-refractivity contribution in [2.45, 2.75) is 26.9 Å². The second kappa shape index (κ2) is 9.60. The highest BCUT2D eigenvalue weighted by Gasteiger charge is 2.17. The molecule has 2 aromatic carbocycles. The number of rotatable bonds is 7. The number of hydrogen-bond acceptors (Lipinski definition) is 5. The van der Waals surface area contributed by atoms with Crippen molar-refractivity contribution < 1.29 is 23.8 Å². The SMILES string of the molecule is COc1ccc(C=CC(=O)OC(C)C(=O)Nc2ccc(C)cc2C)c(OC)c1. The van der Waals surface area contributed by atoms with Gasteiger partial charge in [0.2, 0.25) is 0 Å². The number of ether oxygens (including phenoxy) is 3. The lowest BCUT2D eigenvalue weighted by Gasteiger charge is -2.14. The zero-order chi connectivity index (χ0) is 20.7. The lowest BCUT2D eigenvalue weighted by atomic mass is 10.1. The summed E-state index contributed by atoms with van der Waals surface area (Å²) in [7, 11) is 3.09. The lowest BCUT2D eigenvalue weighted by molar-refractivity contribution is -0.148. The second-order valence-corrected chi connectivity index (χ2v) is 6.33. The van der Waals surface area contributed by atoms with E-state index in [0.717, 1.165) is 11.1 Å². The van der Waals surface area contributed by atoms with Gasteiger partial charge < -0.3 is 19.5 Å². The minimum Gasteiger partial charge on any atom is -0.497 e. The Morgan fingerprint density at radius 1 is 1.04 bits per heavy atom. The van der Waals surface area contributed by atoms with Gasteiger partial charge in [0.05, 0.1) is 14.2 Å². The van der Waals surface area contributed by atoms with Crippen LogP contribution in [-0.2, 0) is 14.3 Å². The van der Waals surface area contributed by atoms with E-state index in [-0.39, 0.29) is 0 Å². The average molecular weight is 383 g/mol. The smallest absolute Gasteiger partial charge is 0.331 e. The maximum absolute atomic E-state index is 12.3. The molecule has 6 heteroatoms. The normalized spacial score (nSPS) is 11.8. The summed E-state index contributed by atoms with van der Waals surface area (Å²) in [6.07, 6.45) is 1.89. The molecule has 2 aromatic rings. The number of esters is 1. The Morgan fingerprint density at radius 2 is 1.79 bits per heavy atom. The van der Waals surface area contributed by atoms with E-state index in [0.29, 0.717) is 22.7 Å². The third-order valence-electron chi connectivity index (χ3n) is 4.14. The molecule has 0 aliphatic heterocycles. The molecule has 0 aliphatic carbocycles. The Kier molecular flexibility index (Phi) is 7.21. The van der Waals surface area contributed by atoms with Gasteiger partial charge in [0, 0.05) is 23.4 Å². The number of carbonyl (C=O) groups is 2. The van der Waals surface area contributed by atoms with Gasteiger partial charge in [-0.1, -0.05) is 17.7 Å². The van der Waals surface area contributed by atoms with Crippen LogP contribution in [0.15, 0.2) is 42.5 Å². The first kappa shape index (κ1) is 21.0. The maximum Gasteiger partial charge on any atom is 0.331 e. The van der Waals surface area contributed by atoms with E-state index >= 15 is 0 Å². The van der Waals surface area contributed by atoms with E-state index in [2.05, 4.69) is 5.32 Å². The summed E-state index contributed by atoms with van der Waals surface area (Å²) in [4.78, 5) is 24.3. The summed E-state index contributed by atoms with van der Waals surface area (Å²) in [5, 5.41) is 2.77. The zero-order valence-corrected chi connectivity index (χ0v) is 16.7. The minimum absolute atomic E-state index is 0.393. The average Bonchev–Trinajstić information content (AvgIpc) is 2.68. The topological polar surface area (TPSA) is 73.9 Å². The molecular weight excluding hydrogens is 358 g/mol. The van der Waals surface area contributed by atoms with Crippen molar-refractivity contribution in [3.63, 3.8) is 0 Å². The van der Waals surface area contributed by atoms with E-state index in [4.69, 9.17) is 14.2 Å². The van der Waals surface area contributed by atoms with Gasteiger partial charge in [0.15, 0.2) is 6.10 Å². The Labute approximate surface area is 165 Å². The van der Waals surface area contributed by atoms with E-state index in [9.17, 15) is 9.59 Å².